The van der Waals surface area contributed by atoms with Gasteiger partial charge in [0.1, 0.15) is 0 Å². The van der Waals surface area contributed by atoms with Crippen LogP contribution in [0.3, 0.4) is 0 Å². The lowest BCUT2D eigenvalue weighted by Crippen LogP contribution is -2.00. The van der Waals surface area contributed by atoms with Gasteiger partial charge in [0.25, 0.3) is 0 Å². The van der Waals surface area contributed by atoms with Crippen LogP contribution < -0.4 is 0 Å². The van der Waals surface area contributed by atoms with Crippen molar-refractivity contribution in [3.8, 4) is 62.4 Å². The molecule has 65 heavy (non-hydrogen) atoms. The third-order valence-corrected chi connectivity index (χ3v) is 12.7. The average molecular weight is 831 g/mol. The predicted molar refractivity (Wildman–Crippen MR) is 267 cm³/mol. The molecule has 0 atom stereocenters. The summed E-state index contributed by atoms with van der Waals surface area (Å²) in [4.78, 5) is 14.9. The number of nitrogens with zero attached hydrogens (tertiary/aromatic N) is 6. The molecule has 4 heterocycles. The number of benzene rings is 9. The van der Waals surface area contributed by atoms with Gasteiger partial charge >= 0.3 is 0 Å². The molecule has 0 amide bonds. The zero-order valence-electron chi connectivity index (χ0n) is 35.1. The number of hydrogen-bond acceptors (Lipinski definition) is 3. The Morgan fingerprint density at radius 1 is 0.262 bits per heavy atom. The minimum atomic E-state index is 0.632. The van der Waals surface area contributed by atoms with Crippen molar-refractivity contribution in [3.63, 3.8) is 0 Å². The summed E-state index contributed by atoms with van der Waals surface area (Å²) >= 11 is 0. The highest BCUT2D eigenvalue weighted by Gasteiger charge is 2.20. The SMILES string of the molecule is c1ccc(-c2nc(-c3ccccc3)nc(-c3cccc(-c4ccc(-n5c6cc7ccn(-c8ccccc8)c7cc6c6cc7c8ccccc8n(-c8ccccc8)c7cc65)cc4)c3)n2)cc1. The summed E-state index contributed by atoms with van der Waals surface area (Å²) in [5.74, 6) is 1.92. The van der Waals surface area contributed by atoms with Crippen LogP contribution in [-0.2, 0) is 0 Å². The Kier molecular flexibility index (Phi) is 8.42. The molecule has 0 saturated heterocycles. The lowest BCUT2D eigenvalue weighted by atomic mass is 10.0. The Bertz CT molecular complexity index is 3850. The van der Waals surface area contributed by atoms with E-state index in [2.05, 4.69) is 184 Å². The first kappa shape index (κ1) is 36.8. The van der Waals surface area contributed by atoms with Gasteiger partial charge in [-0.1, -0.05) is 146 Å². The van der Waals surface area contributed by atoms with E-state index in [0.29, 0.717) is 17.5 Å². The lowest BCUT2D eigenvalue weighted by molar-refractivity contribution is 1.07. The van der Waals surface area contributed by atoms with Gasteiger partial charge in [-0.2, -0.15) is 0 Å². The van der Waals surface area contributed by atoms with Gasteiger partial charge in [-0.15, -0.1) is 0 Å². The van der Waals surface area contributed by atoms with Crippen molar-refractivity contribution in [1.29, 1.82) is 0 Å². The maximum atomic E-state index is 5.01. The molecule has 304 valence electrons. The molecule has 0 unspecified atom stereocenters. The standard InChI is InChI=1S/C59H38N6/c1-5-16-40(17-6-1)57-60-58(41-18-7-2-8-19-41)62-59(61-57)44-21-15-20-42(34-44)39-28-30-47(31-29-39)65-54-35-43-32-33-63(45-22-9-3-10-23-45)53(43)37-51(54)50-36-49-48-26-13-14-27-52(48)64(55(49)38-56(50)65)46-24-11-4-12-25-46/h1-38H. The number of fused-ring (bicyclic) bond motifs is 7. The van der Waals surface area contributed by atoms with Gasteiger partial charge in [-0.05, 0) is 90.0 Å². The zero-order valence-corrected chi connectivity index (χ0v) is 35.1. The summed E-state index contributed by atoms with van der Waals surface area (Å²) in [6.45, 7) is 0. The molecule has 0 spiro atoms. The van der Waals surface area contributed by atoms with Crippen molar-refractivity contribution in [2.24, 2.45) is 0 Å². The molecule has 6 nitrogen and oxygen atoms in total. The molecular weight excluding hydrogens is 793 g/mol. The summed E-state index contributed by atoms with van der Waals surface area (Å²) in [5, 5.41) is 6.08. The Balaban J connectivity index is 0.980. The second kappa shape index (κ2) is 14.9. The van der Waals surface area contributed by atoms with Gasteiger partial charge in [-0.3, -0.25) is 0 Å². The topological polar surface area (TPSA) is 53.5 Å². The van der Waals surface area contributed by atoms with Crippen LogP contribution in [0, 0.1) is 0 Å². The third-order valence-electron chi connectivity index (χ3n) is 12.7. The van der Waals surface area contributed by atoms with Crippen LogP contribution in [0.5, 0.6) is 0 Å². The van der Waals surface area contributed by atoms with Crippen LogP contribution in [0.4, 0.5) is 0 Å². The maximum Gasteiger partial charge on any atom is 0.164 e. The van der Waals surface area contributed by atoms with Crippen molar-refractivity contribution in [3.05, 3.63) is 231 Å². The van der Waals surface area contributed by atoms with E-state index in [0.717, 1.165) is 55.9 Å². The molecule has 0 aliphatic heterocycles. The second-order valence-corrected chi connectivity index (χ2v) is 16.5. The minimum Gasteiger partial charge on any atom is -0.317 e. The molecule has 0 fully saturated rings. The fourth-order valence-electron chi connectivity index (χ4n) is 9.63. The Morgan fingerprint density at radius 3 is 1.43 bits per heavy atom. The van der Waals surface area contributed by atoms with Gasteiger partial charge in [0.15, 0.2) is 17.5 Å². The highest BCUT2D eigenvalue weighted by molar-refractivity contribution is 6.20. The van der Waals surface area contributed by atoms with Crippen molar-refractivity contribution in [2.45, 2.75) is 0 Å². The summed E-state index contributed by atoms with van der Waals surface area (Å²) in [7, 11) is 0. The molecule has 0 N–H and O–H groups in total. The lowest BCUT2D eigenvalue weighted by Gasteiger charge is -2.12. The number of para-hydroxylation sites is 3. The Hall–Kier alpha value is -8.87. The predicted octanol–water partition coefficient (Wildman–Crippen LogP) is 14.7. The Morgan fingerprint density at radius 2 is 0.754 bits per heavy atom. The first-order valence-corrected chi connectivity index (χ1v) is 21.9. The van der Waals surface area contributed by atoms with E-state index in [4.69, 9.17) is 15.0 Å². The molecule has 0 aliphatic carbocycles. The number of rotatable bonds is 7. The zero-order chi connectivity index (χ0) is 42.8. The molecule has 0 bridgehead atoms. The quantitative estimate of drug-likeness (QED) is 0.161. The molecule has 9 aromatic carbocycles. The molecule has 0 radical (unpaired) electrons. The molecule has 13 rings (SSSR count). The maximum absolute atomic E-state index is 5.01. The van der Waals surface area contributed by atoms with Crippen LogP contribution in [0.15, 0.2) is 231 Å². The fourth-order valence-corrected chi connectivity index (χ4v) is 9.63. The monoisotopic (exact) mass is 830 g/mol. The highest BCUT2D eigenvalue weighted by Crippen LogP contribution is 2.41. The average Bonchev–Trinajstić information content (AvgIpc) is 4.05. The minimum absolute atomic E-state index is 0.632. The van der Waals surface area contributed by atoms with Gasteiger partial charge in [-0.25, -0.2) is 15.0 Å². The van der Waals surface area contributed by atoms with E-state index in [1.165, 1.54) is 43.5 Å². The van der Waals surface area contributed by atoms with E-state index in [-0.39, 0.29) is 0 Å². The van der Waals surface area contributed by atoms with Crippen molar-refractivity contribution in [1.82, 2.24) is 28.7 Å². The molecular formula is C59H38N6. The van der Waals surface area contributed by atoms with Crippen LogP contribution in [0.2, 0.25) is 0 Å². The summed E-state index contributed by atoms with van der Waals surface area (Å²) in [5.41, 5.74) is 14.2. The number of aromatic nitrogens is 6. The van der Waals surface area contributed by atoms with Crippen molar-refractivity contribution in [2.75, 3.05) is 0 Å². The van der Waals surface area contributed by atoms with Gasteiger partial charge in [0.05, 0.1) is 27.6 Å². The smallest absolute Gasteiger partial charge is 0.164 e. The van der Waals surface area contributed by atoms with E-state index in [1.807, 2.05) is 60.7 Å². The molecule has 4 aromatic heterocycles. The molecule has 0 saturated carbocycles. The highest BCUT2D eigenvalue weighted by atomic mass is 15.0. The van der Waals surface area contributed by atoms with E-state index >= 15 is 0 Å². The molecule has 13 aromatic rings. The van der Waals surface area contributed by atoms with Gasteiger partial charge in [0, 0.05) is 66.9 Å². The largest absolute Gasteiger partial charge is 0.317 e. The fraction of sp³-hybridized carbons (Fsp3) is 0. The van der Waals surface area contributed by atoms with Gasteiger partial charge in [0.2, 0.25) is 0 Å². The van der Waals surface area contributed by atoms with Crippen molar-refractivity contribution < 1.29 is 0 Å². The number of hydrogen-bond donors (Lipinski definition) is 0. The van der Waals surface area contributed by atoms with Crippen LogP contribution >= 0.6 is 0 Å². The second-order valence-electron chi connectivity index (χ2n) is 16.5. The van der Waals surface area contributed by atoms with E-state index in [9.17, 15) is 0 Å². The first-order valence-electron chi connectivity index (χ1n) is 21.9. The van der Waals surface area contributed by atoms with E-state index in [1.54, 1.807) is 0 Å². The van der Waals surface area contributed by atoms with Gasteiger partial charge < -0.3 is 13.7 Å². The van der Waals surface area contributed by atoms with Crippen LogP contribution in [-0.4, -0.2) is 28.7 Å². The van der Waals surface area contributed by atoms with Crippen molar-refractivity contribution >= 4 is 54.5 Å². The molecule has 0 aliphatic rings. The summed E-state index contributed by atoms with van der Waals surface area (Å²) in [6.07, 6.45) is 2.18. The summed E-state index contributed by atoms with van der Waals surface area (Å²) < 4.78 is 7.14. The molecule has 6 heteroatoms. The first-order chi connectivity index (χ1) is 32.2. The van der Waals surface area contributed by atoms with E-state index < -0.39 is 0 Å². The summed E-state index contributed by atoms with van der Waals surface area (Å²) in [6, 6.07) is 79.5. The Labute approximate surface area is 374 Å². The van der Waals surface area contributed by atoms with Crippen LogP contribution in [0.1, 0.15) is 0 Å². The van der Waals surface area contributed by atoms with Crippen LogP contribution in [0.25, 0.3) is 117 Å². The third kappa shape index (κ3) is 6.15. The normalized spacial score (nSPS) is 11.7.